The first-order valence-corrected chi connectivity index (χ1v) is 9.34. The fourth-order valence-corrected chi connectivity index (χ4v) is 4.53. The minimum absolute atomic E-state index is 0.0369. The van der Waals surface area contributed by atoms with Crippen molar-refractivity contribution < 1.29 is 4.79 Å². The number of amides is 1. The first-order valence-electron chi connectivity index (χ1n) is 9.34. The molecule has 0 aromatic carbocycles. The highest BCUT2D eigenvalue weighted by Gasteiger charge is 2.44. The van der Waals surface area contributed by atoms with E-state index in [0.29, 0.717) is 17.8 Å². The van der Waals surface area contributed by atoms with Gasteiger partial charge in [0.2, 0.25) is 5.95 Å². The van der Waals surface area contributed by atoms with Gasteiger partial charge in [-0.25, -0.2) is 9.97 Å². The zero-order chi connectivity index (χ0) is 18.3. The van der Waals surface area contributed by atoms with E-state index in [9.17, 15) is 4.79 Å². The summed E-state index contributed by atoms with van der Waals surface area (Å²) in [5, 5.41) is 0. The summed E-state index contributed by atoms with van der Waals surface area (Å²) >= 11 is 0. The molecule has 0 spiro atoms. The molecule has 138 valence electrons. The topological polar surface area (TPSA) is 75.4 Å². The third-order valence-electron chi connectivity index (χ3n) is 6.14. The summed E-state index contributed by atoms with van der Waals surface area (Å²) in [4.78, 5) is 25.6. The first-order chi connectivity index (χ1) is 11.8. The summed E-state index contributed by atoms with van der Waals surface area (Å²) in [7, 11) is 6.25. The summed E-state index contributed by atoms with van der Waals surface area (Å²) in [5.74, 6) is 1.85. The summed E-state index contributed by atoms with van der Waals surface area (Å²) in [6.07, 6.45) is 4.73. The van der Waals surface area contributed by atoms with E-state index >= 15 is 0 Å². The zero-order valence-electron chi connectivity index (χ0n) is 16.1. The van der Waals surface area contributed by atoms with Gasteiger partial charge in [-0.05, 0) is 63.6 Å². The maximum atomic E-state index is 12.9. The van der Waals surface area contributed by atoms with Gasteiger partial charge in [0.05, 0.1) is 0 Å². The van der Waals surface area contributed by atoms with Crippen LogP contribution in [0.15, 0.2) is 6.07 Å². The van der Waals surface area contributed by atoms with Gasteiger partial charge in [0.1, 0.15) is 5.69 Å². The van der Waals surface area contributed by atoms with Crippen LogP contribution < -0.4 is 5.73 Å². The Morgan fingerprint density at radius 2 is 1.64 bits per heavy atom. The maximum Gasteiger partial charge on any atom is 0.272 e. The second kappa shape index (κ2) is 6.90. The van der Waals surface area contributed by atoms with Crippen LogP contribution in [0.3, 0.4) is 0 Å². The highest BCUT2D eigenvalue weighted by molar-refractivity contribution is 5.92. The zero-order valence-corrected chi connectivity index (χ0v) is 16.1. The normalized spacial score (nSPS) is 28.6. The summed E-state index contributed by atoms with van der Waals surface area (Å²) in [6, 6.07) is 2.80. The van der Waals surface area contributed by atoms with Crippen molar-refractivity contribution in [2.45, 2.75) is 57.5 Å². The van der Waals surface area contributed by atoms with Crippen molar-refractivity contribution in [3.8, 4) is 0 Å². The lowest BCUT2D eigenvalue weighted by molar-refractivity contribution is 0.0720. The second-order valence-corrected chi connectivity index (χ2v) is 8.34. The molecule has 2 aliphatic carbocycles. The molecule has 6 nitrogen and oxygen atoms in total. The number of nitrogen functional groups attached to an aromatic ring is 1. The van der Waals surface area contributed by atoms with E-state index in [1.54, 1.807) is 6.07 Å². The number of rotatable bonds is 4. The monoisotopic (exact) mass is 345 g/mol. The number of nitrogens with two attached hydrogens (primary N) is 1. The van der Waals surface area contributed by atoms with Gasteiger partial charge >= 0.3 is 0 Å². The SMILES string of the molecule is CC(C)c1cc(C(=O)N(C)C2C[C@H]3CC(N(C)C)C[C@H]3C2)nc(N)n1. The van der Waals surface area contributed by atoms with E-state index in [4.69, 9.17) is 5.73 Å². The quantitative estimate of drug-likeness (QED) is 0.907. The molecule has 2 unspecified atom stereocenters. The third-order valence-corrected chi connectivity index (χ3v) is 6.14. The van der Waals surface area contributed by atoms with Gasteiger partial charge in [0.15, 0.2) is 0 Å². The van der Waals surface area contributed by atoms with Gasteiger partial charge in [0.25, 0.3) is 5.91 Å². The molecule has 1 amide bonds. The number of hydrogen-bond donors (Lipinski definition) is 1. The molecule has 2 saturated carbocycles. The standard InChI is InChI=1S/C19H31N5O/c1-11(2)16-10-17(22-19(20)21-16)18(25)24(5)15-8-12-6-14(23(3)4)7-13(12)9-15/h10-15H,6-9H2,1-5H3,(H2,20,21,22)/t12-,13+,14?,15?. The van der Waals surface area contributed by atoms with Crippen molar-refractivity contribution in [1.29, 1.82) is 0 Å². The maximum absolute atomic E-state index is 12.9. The highest BCUT2D eigenvalue weighted by atomic mass is 16.2. The molecule has 4 atom stereocenters. The lowest BCUT2D eigenvalue weighted by atomic mass is 10.0. The number of anilines is 1. The Morgan fingerprint density at radius 1 is 1.08 bits per heavy atom. The van der Waals surface area contributed by atoms with E-state index in [-0.39, 0.29) is 17.8 Å². The molecule has 1 aromatic heterocycles. The smallest absolute Gasteiger partial charge is 0.272 e. The molecule has 3 rings (SSSR count). The van der Waals surface area contributed by atoms with Gasteiger partial charge in [0, 0.05) is 24.8 Å². The van der Waals surface area contributed by atoms with Crippen molar-refractivity contribution in [3.05, 3.63) is 17.5 Å². The number of fused-ring (bicyclic) bond motifs is 1. The van der Waals surface area contributed by atoms with Gasteiger partial charge in [-0.15, -0.1) is 0 Å². The van der Waals surface area contributed by atoms with Gasteiger partial charge in [-0.1, -0.05) is 13.8 Å². The van der Waals surface area contributed by atoms with Crippen molar-refractivity contribution in [3.63, 3.8) is 0 Å². The average Bonchev–Trinajstić information content (AvgIpc) is 3.11. The molecule has 0 bridgehead atoms. The van der Waals surface area contributed by atoms with E-state index < -0.39 is 0 Å². The van der Waals surface area contributed by atoms with Crippen LogP contribution in [0.25, 0.3) is 0 Å². The Labute approximate surface area is 150 Å². The van der Waals surface area contributed by atoms with E-state index in [2.05, 4.69) is 29.0 Å². The minimum atomic E-state index is -0.0369. The molecule has 6 heteroatoms. The number of hydrogen-bond acceptors (Lipinski definition) is 5. The summed E-state index contributed by atoms with van der Waals surface area (Å²) < 4.78 is 0. The number of nitrogens with zero attached hydrogens (tertiary/aromatic N) is 4. The molecule has 25 heavy (non-hydrogen) atoms. The largest absolute Gasteiger partial charge is 0.368 e. The average molecular weight is 345 g/mol. The minimum Gasteiger partial charge on any atom is -0.368 e. The summed E-state index contributed by atoms with van der Waals surface area (Å²) in [6.45, 7) is 4.08. The number of carbonyl (C=O) groups is 1. The highest BCUT2D eigenvalue weighted by Crippen LogP contribution is 2.46. The molecule has 2 N–H and O–H groups in total. The van der Waals surface area contributed by atoms with Crippen molar-refractivity contribution in [2.75, 3.05) is 26.9 Å². The van der Waals surface area contributed by atoms with E-state index in [0.717, 1.165) is 30.4 Å². The Morgan fingerprint density at radius 3 is 2.16 bits per heavy atom. The van der Waals surface area contributed by atoms with E-state index in [1.165, 1.54) is 12.8 Å². The fraction of sp³-hybridized carbons (Fsp3) is 0.737. The van der Waals surface area contributed by atoms with Crippen LogP contribution in [0.2, 0.25) is 0 Å². The molecule has 2 fully saturated rings. The third kappa shape index (κ3) is 3.64. The molecule has 1 aromatic rings. The molecule has 0 aliphatic heterocycles. The predicted molar refractivity (Wildman–Crippen MR) is 99.3 cm³/mol. The van der Waals surface area contributed by atoms with Crippen LogP contribution in [0, 0.1) is 11.8 Å². The Kier molecular flexibility index (Phi) is 5.00. The van der Waals surface area contributed by atoms with Crippen LogP contribution in [-0.4, -0.2) is 58.9 Å². The van der Waals surface area contributed by atoms with Crippen molar-refractivity contribution in [2.24, 2.45) is 11.8 Å². The second-order valence-electron chi connectivity index (χ2n) is 8.34. The number of aromatic nitrogens is 2. The van der Waals surface area contributed by atoms with Crippen LogP contribution in [0.4, 0.5) is 5.95 Å². The fourth-order valence-electron chi connectivity index (χ4n) is 4.53. The van der Waals surface area contributed by atoms with Crippen LogP contribution in [-0.2, 0) is 0 Å². The molecule has 2 aliphatic rings. The summed E-state index contributed by atoms with van der Waals surface area (Å²) in [5.41, 5.74) is 7.05. The van der Waals surface area contributed by atoms with E-state index in [1.807, 2.05) is 25.8 Å². The Balaban J connectivity index is 1.69. The first kappa shape index (κ1) is 18.1. The lowest BCUT2D eigenvalue weighted by Crippen LogP contribution is -2.37. The van der Waals surface area contributed by atoms with Crippen LogP contribution in [0.5, 0.6) is 0 Å². The Hall–Kier alpha value is -1.69. The predicted octanol–water partition coefficient (Wildman–Crippen LogP) is 2.37. The Bertz CT molecular complexity index is 631. The van der Waals surface area contributed by atoms with Crippen molar-refractivity contribution >= 4 is 11.9 Å². The lowest BCUT2D eigenvalue weighted by Gasteiger charge is -2.27. The molecule has 1 heterocycles. The molecular formula is C19H31N5O. The van der Waals surface area contributed by atoms with Gasteiger partial charge < -0.3 is 15.5 Å². The molecular weight excluding hydrogens is 314 g/mol. The van der Waals surface area contributed by atoms with Gasteiger partial charge in [-0.3, -0.25) is 4.79 Å². The number of carbonyl (C=O) groups excluding carboxylic acids is 1. The van der Waals surface area contributed by atoms with Gasteiger partial charge in [-0.2, -0.15) is 0 Å². The molecule has 0 radical (unpaired) electrons. The van der Waals surface area contributed by atoms with Crippen LogP contribution in [0.1, 0.15) is 61.6 Å². The van der Waals surface area contributed by atoms with Crippen LogP contribution >= 0.6 is 0 Å². The molecule has 0 saturated heterocycles. The van der Waals surface area contributed by atoms with Crippen molar-refractivity contribution in [1.82, 2.24) is 19.8 Å².